The maximum atomic E-state index is 13.3. The predicted octanol–water partition coefficient (Wildman–Crippen LogP) is 1.26. The molecule has 2 unspecified atom stereocenters. The van der Waals surface area contributed by atoms with E-state index in [0.717, 1.165) is 12.1 Å². The van der Waals surface area contributed by atoms with Crippen molar-refractivity contribution < 1.29 is 26.7 Å². The lowest BCUT2D eigenvalue weighted by Gasteiger charge is -2.27. The molecule has 0 amide bonds. The first kappa shape index (κ1) is 15.3. The molecule has 0 radical (unpaired) electrons. The standard InChI is InChI=1S/C12H14F3NO3S/c13-7-1-2-11-8(5-7)9(3-4-20(11,18)19)16-6-10(17)12(14)15/h1-2,5,9-10,12,16-17H,3-4,6H2. The number of aliphatic hydroxyl groups is 1. The molecule has 0 aromatic heterocycles. The molecule has 2 atom stereocenters. The molecule has 0 saturated heterocycles. The molecule has 0 spiro atoms. The van der Waals surface area contributed by atoms with E-state index in [9.17, 15) is 21.6 Å². The van der Waals surface area contributed by atoms with E-state index in [1.54, 1.807) is 0 Å². The summed E-state index contributed by atoms with van der Waals surface area (Å²) in [5.74, 6) is -0.740. The second kappa shape index (κ2) is 5.71. The van der Waals surface area contributed by atoms with Gasteiger partial charge in [0.05, 0.1) is 10.6 Å². The summed E-state index contributed by atoms with van der Waals surface area (Å²) in [6, 6.07) is 2.74. The lowest BCUT2D eigenvalue weighted by Crippen LogP contribution is -2.37. The van der Waals surface area contributed by atoms with Crippen LogP contribution >= 0.6 is 0 Å². The summed E-state index contributed by atoms with van der Waals surface area (Å²) in [4.78, 5) is 0.00851. The van der Waals surface area contributed by atoms with E-state index in [0.29, 0.717) is 0 Å². The topological polar surface area (TPSA) is 66.4 Å². The molecule has 1 aliphatic rings. The molecule has 20 heavy (non-hydrogen) atoms. The predicted molar refractivity (Wildman–Crippen MR) is 65.8 cm³/mol. The fourth-order valence-electron chi connectivity index (χ4n) is 2.18. The Morgan fingerprint density at radius 2 is 2.10 bits per heavy atom. The van der Waals surface area contributed by atoms with E-state index < -0.39 is 40.8 Å². The van der Waals surface area contributed by atoms with Crippen LogP contribution in [0, 0.1) is 5.82 Å². The minimum absolute atomic E-state index is 0.00851. The van der Waals surface area contributed by atoms with Gasteiger partial charge in [0.25, 0.3) is 6.43 Å². The molecule has 2 N–H and O–H groups in total. The molecule has 0 fully saturated rings. The maximum Gasteiger partial charge on any atom is 0.265 e. The highest BCUT2D eigenvalue weighted by atomic mass is 32.2. The molecular formula is C12H14F3NO3S. The number of nitrogens with one attached hydrogen (secondary N) is 1. The molecule has 0 aliphatic carbocycles. The van der Waals surface area contributed by atoms with Crippen molar-refractivity contribution in [2.45, 2.75) is 29.9 Å². The van der Waals surface area contributed by atoms with Crippen LogP contribution in [-0.2, 0) is 9.84 Å². The normalized spacial score (nSPS) is 22.6. The van der Waals surface area contributed by atoms with Crippen molar-refractivity contribution in [3.63, 3.8) is 0 Å². The number of rotatable bonds is 4. The van der Waals surface area contributed by atoms with E-state index in [2.05, 4.69) is 5.32 Å². The molecule has 0 saturated carbocycles. The number of alkyl halides is 2. The van der Waals surface area contributed by atoms with Gasteiger partial charge in [-0.15, -0.1) is 0 Å². The molecular weight excluding hydrogens is 295 g/mol. The van der Waals surface area contributed by atoms with Crippen LogP contribution in [0.3, 0.4) is 0 Å². The average Bonchev–Trinajstić information content (AvgIpc) is 2.37. The van der Waals surface area contributed by atoms with Gasteiger partial charge < -0.3 is 10.4 Å². The zero-order valence-corrected chi connectivity index (χ0v) is 11.2. The van der Waals surface area contributed by atoms with Crippen molar-refractivity contribution in [3.8, 4) is 0 Å². The van der Waals surface area contributed by atoms with Gasteiger partial charge in [-0.3, -0.25) is 0 Å². The smallest absolute Gasteiger partial charge is 0.265 e. The summed E-state index contributed by atoms with van der Waals surface area (Å²) >= 11 is 0. The molecule has 4 nitrogen and oxygen atoms in total. The molecule has 2 rings (SSSR count). The summed E-state index contributed by atoms with van der Waals surface area (Å²) in [6.07, 6.45) is -4.58. The summed E-state index contributed by atoms with van der Waals surface area (Å²) in [5, 5.41) is 11.7. The van der Waals surface area contributed by atoms with Gasteiger partial charge in [0.1, 0.15) is 11.9 Å². The van der Waals surface area contributed by atoms with Crippen LogP contribution in [0.4, 0.5) is 13.2 Å². The van der Waals surface area contributed by atoms with Crippen molar-refractivity contribution >= 4 is 9.84 Å². The van der Waals surface area contributed by atoms with Gasteiger partial charge in [0.2, 0.25) is 0 Å². The van der Waals surface area contributed by atoms with E-state index >= 15 is 0 Å². The van der Waals surface area contributed by atoms with Crippen molar-refractivity contribution in [1.29, 1.82) is 0 Å². The van der Waals surface area contributed by atoms with Crippen LogP contribution in [-0.4, -0.2) is 38.4 Å². The lowest BCUT2D eigenvalue weighted by molar-refractivity contribution is -0.00478. The Bertz CT molecular complexity index is 592. The van der Waals surface area contributed by atoms with E-state index in [1.165, 1.54) is 6.07 Å². The molecule has 1 aromatic carbocycles. The Hall–Kier alpha value is -1.12. The van der Waals surface area contributed by atoms with E-state index in [4.69, 9.17) is 5.11 Å². The fourth-order valence-corrected chi connectivity index (χ4v) is 3.78. The van der Waals surface area contributed by atoms with Crippen molar-refractivity contribution in [1.82, 2.24) is 5.32 Å². The third-order valence-electron chi connectivity index (χ3n) is 3.22. The molecule has 0 bridgehead atoms. The first-order chi connectivity index (χ1) is 9.31. The largest absolute Gasteiger partial charge is 0.386 e. The number of halogens is 3. The van der Waals surface area contributed by atoms with Crippen LogP contribution in [0.2, 0.25) is 0 Å². The van der Waals surface area contributed by atoms with Crippen LogP contribution in [0.1, 0.15) is 18.0 Å². The second-order valence-electron chi connectivity index (χ2n) is 4.65. The highest BCUT2D eigenvalue weighted by molar-refractivity contribution is 7.91. The van der Waals surface area contributed by atoms with Gasteiger partial charge in [0, 0.05) is 12.6 Å². The average molecular weight is 309 g/mol. The number of hydrogen-bond donors (Lipinski definition) is 2. The third-order valence-corrected chi connectivity index (χ3v) is 5.04. The first-order valence-corrected chi connectivity index (χ1v) is 7.68. The molecule has 8 heteroatoms. The van der Waals surface area contributed by atoms with Crippen LogP contribution in [0.25, 0.3) is 0 Å². The van der Waals surface area contributed by atoms with Crippen molar-refractivity contribution in [2.75, 3.05) is 12.3 Å². The van der Waals surface area contributed by atoms with Gasteiger partial charge in [-0.05, 0) is 30.2 Å². The number of aliphatic hydroxyl groups excluding tert-OH is 1. The Morgan fingerprint density at radius 3 is 2.75 bits per heavy atom. The SMILES string of the molecule is O=S1(=O)CCC(NCC(O)C(F)F)c2cc(F)ccc21. The molecule has 1 heterocycles. The zero-order valence-electron chi connectivity index (χ0n) is 10.4. The van der Waals surface area contributed by atoms with Gasteiger partial charge >= 0.3 is 0 Å². The summed E-state index contributed by atoms with van der Waals surface area (Å²) in [5.41, 5.74) is 0.220. The van der Waals surface area contributed by atoms with Gasteiger partial charge in [-0.2, -0.15) is 0 Å². The Kier molecular flexibility index (Phi) is 4.36. The van der Waals surface area contributed by atoms with E-state index in [-0.39, 0.29) is 22.6 Å². The third kappa shape index (κ3) is 3.13. The quantitative estimate of drug-likeness (QED) is 0.822. The maximum absolute atomic E-state index is 13.3. The molecule has 1 aromatic rings. The Labute approximate surface area is 114 Å². The van der Waals surface area contributed by atoms with Crippen LogP contribution in [0.5, 0.6) is 0 Å². The monoisotopic (exact) mass is 309 g/mol. The van der Waals surface area contributed by atoms with Crippen molar-refractivity contribution in [3.05, 3.63) is 29.6 Å². The molecule has 1 aliphatic heterocycles. The van der Waals surface area contributed by atoms with Gasteiger partial charge in [0.15, 0.2) is 9.84 Å². The Morgan fingerprint density at radius 1 is 1.40 bits per heavy atom. The van der Waals surface area contributed by atoms with E-state index in [1.807, 2.05) is 0 Å². The minimum Gasteiger partial charge on any atom is -0.386 e. The lowest BCUT2D eigenvalue weighted by atomic mass is 10.0. The van der Waals surface area contributed by atoms with Crippen LogP contribution in [0.15, 0.2) is 23.1 Å². The molecule has 112 valence electrons. The minimum atomic E-state index is -3.46. The number of benzene rings is 1. The van der Waals surface area contributed by atoms with Gasteiger partial charge in [-0.1, -0.05) is 0 Å². The zero-order chi connectivity index (χ0) is 14.9. The highest BCUT2D eigenvalue weighted by Gasteiger charge is 2.31. The van der Waals surface area contributed by atoms with Crippen LogP contribution < -0.4 is 5.32 Å². The fraction of sp³-hybridized carbons (Fsp3) is 0.500. The highest BCUT2D eigenvalue weighted by Crippen LogP contribution is 2.32. The van der Waals surface area contributed by atoms with Crippen molar-refractivity contribution in [2.24, 2.45) is 0 Å². The number of hydrogen-bond acceptors (Lipinski definition) is 4. The Balaban J connectivity index is 2.23. The van der Waals surface area contributed by atoms with Gasteiger partial charge in [-0.25, -0.2) is 21.6 Å². The summed E-state index contributed by atoms with van der Waals surface area (Å²) in [6.45, 7) is -0.391. The summed E-state index contributed by atoms with van der Waals surface area (Å²) in [7, 11) is -3.46. The number of fused-ring (bicyclic) bond motifs is 1. The summed E-state index contributed by atoms with van der Waals surface area (Å²) < 4.78 is 61.4. The second-order valence-corrected chi connectivity index (χ2v) is 6.73. The first-order valence-electron chi connectivity index (χ1n) is 6.03. The number of sulfone groups is 1.